The number of hydrogen-bond acceptors (Lipinski definition) is 3. The van der Waals surface area contributed by atoms with Crippen LogP contribution in [0.5, 0.6) is 0 Å². The second kappa shape index (κ2) is 7.49. The first-order valence-electron chi connectivity index (χ1n) is 7.62. The molecule has 5 nitrogen and oxygen atoms in total. The molecule has 1 heterocycles. The standard InChI is InChI=1S/C18H14Br2N2O3/c19-12-3-1-2-11(8-12)10-21-16(23)6-7-22-17(24)14-5-4-13(20)9-15(14)18(22)25/h1-5,8-9H,6-7,10H2,(H,21,23). The highest BCUT2D eigenvalue weighted by Crippen LogP contribution is 2.26. The lowest BCUT2D eigenvalue weighted by Gasteiger charge is -2.13. The normalized spacial score (nSPS) is 13.1. The number of amides is 3. The Balaban J connectivity index is 1.56. The number of carbonyl (C=O) groups is 3. The van der Waals surface area contributed by atoms with Gasteiger partial charge in [-0.2, -0.15) is 0 Å². The summed E-state index contributed by atoms with van der Waals surface area (Å²) in [4.78, 5) is 37.8. The van der Waals surface area contributed by atoms with E-state index in [1.165, 1.54) is 0 Å². The van der Waals surface area contributed by atoms with Crippen LogP contribution in [0, 0.1) is 0 Å². The number of nitrogens with one attached hydrogen (secondary N) is 1. The molecule has 0 aliphatic carbocycles. The first-order chi connectivity index (χ1) is 12.0. The van der Waals surface area contributed by atoms with Crippen molar-refractivity contribution in [1.82, 2.24) is 10.2 Å². The molecule has 3 rings (SSSR count). The summed E-state index contributed by atoms with van der Waals surface area (Å²) in [6, 6.07) is 12.6. The van der Waals surface area contributed by atoms with Crippen LogP contribution in [0.4, 0.5) is 0 Å². The summed E-state index contributed by atoms with van der Waals surface area (Å²) >= 11 is 6.67. The molecule has 25 heavy (non-hydrogen) atoms. The van der Waals surface area contributed by atoms with Gasteiger partial charge in [0.2, 0.25) is 5.91 Å². The number of benzene rings is 2. The molecular formula is C18H14Br2N2O3. The van der Waals surface area contributed by atoms with Crippen LogP contribution in [0.2, 0.25) is 0 Å². The lowest BCUT2D eigenvalue weighted by atomic mass is 10.1. The third-order valence-corrected chi connectivity index (χ3v) is 4.86. The van der Waals surface area contributed by atoms with Gasteiger partial charge in [0.1, 0.15) is 0 Å². The molecule has 0 saturated carbocycles. The molecule has 7 heteroatoms. The lowest BCUT2D eigenvalue weighted by Crippen LogP contribution is -2.34. The van der Waals surface area contributed by atoms with Gasteiger partial charge >= 0.3 is 0 Å². The van der Waals surface area contributed by atoms with Gasteiger partial charge in [0.25, 0.3) is 11.8 Å². The van der Waals surface area contributed by atoms with Crippen molar-refractivity contribution in [3.63, 3.8) is 0 Å². The molecular weight excluding hydrogens is 452 g/mol. The van der Waals surface area contributed by atoms with E-state index in [2.05, 4.69) is 37.2 Å². The Kier molecular flexibility index (Phi) is 5.34. The zero-order valence-corrected chi connectivity index (χ0v) is 16.3. The summed E-state index contributed by atoms with van der Waals surface area (Å²) in [5.74, 6) is -0.925. The van der Waals surface area contributed by atoms with Crippen LogP contribution in [0.3, 0.4) is 0 Å². The van der Waals surface area contributed by atoms with Gasteiger partial charge < -0.3 is 5.32 Å². The summed E-state index contributed by atoms with van der Waals surface area (Å²) in [6.07, 6.45) is 0.0701. The van der Waals surface area contributed by atoms with Crippen LogP contribution in [0.15, 0.2) is 51.4 Å². The zero-order valence-electron chi connectivity index (χ0n) is 13.1. The Morgan fingerprint density at radius 3 is 2.44 bits per heavy atom. The Labute approximate surface area is 161 Å². The van der Waals surface area contributed by atoms with Crippen molar-refractivity contribution >= 4 is 49.6 Å². The van der Waals surface area contributed by atoms with Crippen molar-refractivity contribution in [1.29, 1.82) is 0 Å². The van der Waals surface area contributed by atoms with E-state index in [9.17, 15) is 14.4 Å². The van der Waals surface area contributed by atoms with Crippen molar-refractivity contribution in [2.24, 2.45) is 0 Å². The molecule has 0 fully saturated rings. The molecule has 128 valence electrons. The van der Waals surface area contributed by atoms with Crippen molar-refractivity contribution in [2.75, 3.05) is 6.54 Å². The number of imide groups is 1. The molecule has 0 aromatic heterocycles. The minimum atomic E-state index is -0.360. The Morgan fingerprint density at radius 2 is 1.68 bits per heavy atom. The van der Waals surface area contributed by atoms with Crippen LogP contribution in [0.25, 0.3) is 0 Å². The molecule has 3 amide bonds. The van der Waals surface area contributed by atoms with Gasteiger partial charge in [0, 0.05) is 28.5 Å². The predicted octanol–water partition coefficient (Wildman–Crippen LogP) is 3.51. The fourth-order valence-corrected chi connectivity index (χ4v) is 3.42. The SMILES string of the molecule is O=C(CCN1C(=O)c2ccc(Br)cc2C1=O)NCc1cccc(Br)c1. The summed E-state index contributed by atoms with van der Waals surface area (Å²) in [6.45, 7) is 0.460. The molecule has 0 atom stereocenters. The second-order valence-corrected chi connectivity index (χ2v) is 7.44. The van der Waals surface area contributed by atoms with E-state index in [4.69, 9.17) is 0 Å². The van der Waals surface area contributed by atoms with E-state index in [-0.39, 0.29) is 30.7 Å². The molecule has 1 aliphatic rings. The van der Waals surface area contributed by atoms with Gasteiger partial charge in [-0.1, -0.05) is 44.0 Å². The molecule has 2 aromatic rings. The van der Waals surface area contributed by atoms with Gasteiger partial charge in [0.05, 0.1) is 11.1 Å². The van der Waals surface area contributed by atoms with Gasteiger partial charge in [-0.05, 0) is 35.9 Å². The fourth-order valence-electron chi connectivity index (χ4n) is 2.62. The van der Waals surface area contributed by atoms with E-state index in [0.29, 0.717) is 17.7 Å². The molecule has 0 bridgehead atoms. The van der Waals surface area contributed by atoms with Crippen LogP contribution >= 0.6 is 31.9 Å². The van der Waals surface area contributed by atoms with Gasteiger partial charge in [0.15, 0.2) is 0 Å². The van der Waals surface area contributed by atoms with Crippen molar-refractivity contribution in [3.05, 3.63) is 68.1 Å². The van der Waals surface area contributed by atoms with E-state index >= 15 is 0 Å². The van der Waals surface area contributed by atoms with Gasteiger partial charge in [-0.25, -0.2) is 0 Å². The maximum atomic E-state index is 12.3. The highest BCUT2D eigenvalue weighted by Gasteiger charge is 2.35. The van der Waals surface area contributed by atoms with E-state index < -0.39 is 0 Å². The van der Waals surface area contributed by atoms with Crippen molar-refractivity contribution in [2.45, 2.75) is 13.0 Å². The molecule has 0 saturated heterocycles. The molecule has 1 N–H and O–H groups in total. The Hall–Kier alpha value is -1.99. The smallest absolute Gasteiger partial charge is 0.261 e. The first-order valence-corrected chi connectivity index (χ1v) is 9.21. The average Bonchev–Trinajstić information content (AvgIpc) is 2.82. The number of fused-ring (bicyclic) bond motifs is 1. The van der Waals surface area contributed by atoms with Crippen molar-refractivity contribution in [3.8, 4) is 0 Å². The number of rotatable bonds is 5. The lowest BCUT2D eigenvalue weighted by molar-refractivity contribution is -0.121. The summed E-state index contributed by atoms with van der Waals surface area (Å²) < 4.78 is 1.68. The van der Waals surface area contributed by atoms with Crippen LogP contribution in [-0.4, -0.2) is 29.2 Å². The topological polar surface area (TPSA) is 66.5 Å². The van der Waals surface area contributed by atoms with Crippen molar-refractivity contribution < 1.29 is 14.4 Å². The van der Waals surface area contributed by atoms with Gasteiger partial charge in [-0.15, -0.1) is 0 Å². The van der Waals surface area contributed by atoms with Crippen LogP contribution in [-0.2, 0) is 11.3 Å². The monoisotopic (exact) mass is 464 g/mol. The van der Waals surface area contributed by atoms with E-state index in [0.717, 1.165) is 19.4 Å². The summed E-state index contributed by atoms with van der Waals surface area (Å²) in [5, 5.41) is 2.79. The molecule has 1 aliphatic heterocycles. The molecule has 0 radical (unpaired) electrons. The highest BCUT2D eigenvalue weighted by molar-refractivity contribution is 9.10. The fraction of sp³-hybridized carbons (Fsp3) is 0.167. The maximum absolute atomic E-state index is 12.3. The third kappa shape index (κ3) is 3.99. The maximum Gasteiger partial charge on any atom is 0.261 e. The first kappa shape index (κ1) is 17.8. The second-order valence-electron chi connectivity index (χ2n) is 5.61. The number of nitrogens with zero attached hydrogens (tertiary/aromatic N) is 1. The predicted molar refractivity (Wildman–Crippen MR) is 100 cm³/mol. The minimum absolute atomic E-state index is 0.0638. The molecule has 0 spiro atoms. The minimum Gasteiger partial charge on any atom is -0.352 e. The largest absolute Gasteiger partial charge is 0.352 e. The Bertz CT molecular complexity index is 867. The number of hydrogen-bond donors (Lipinski definition) is 1. The number of halogens is 2. The number of carbonyl (C=O) groups excluding carboxylic acids is 3. The van der Waals surface area contributed by atoms with Gasteiger partial charge in [-0.3, -0.25) is 19.3 Å². The van der Waals surface area contributed by atoms with Crippen LogP contribution < -0.4 is 5.32 Å². The quantitative estimate of drug-likeness (QED) is 0.687. The average molecular weight is 466 g/mol. The molecule has 2 aromatic carbocycles. The third-order valence-electron chi connectivity index (χ3n) is 3.87. The van der Waals surface area contributed by atoms with Crippen LogP contribution in [0.1, 0.15) is 32.7 Å². The van der Waals surface area contributed by atoms with E-state index in [1.807, 2.05) is 24.3 Å². The summed E-state index contributed by atoms with van der Waals surface area (Å²) in [7, 11) is 0. The van der Waals surface area contributed by atoms with E-state index in [1.54, 1.807) is 18.2 Å². The highest BCUT2D eigenvalue weighted by atomic mass is 79.9. The molecule has 0 unspecified atom stereocenters. The zero-order chi connectivity index (χ0) is 18.0. The summed E-state index contributed by atoms with van der Waals surface area (Å²) in [5.41, 5.74) is 1.71. The Morgan fingerprint density at radius 1 is 0.960 bits per heavy atom.